The first kappa shape index (κ1) is 14.7. The molecule has 0 unspecified atom stereocenters. The number of rotatable bonds is 0. The Hall–Kier alpha value is 0.694. The average molecular weight is 356 g/mol. The SMILES string of the molecule is CC(C)(C)c1cc(Br)c(O)c(Br)c1.[Ti]. The molecule has 0 aromatic heterocycles. The van der Waals surface area contributed by atoms with Crippen LogP contribution in [0.3, 0.4) is 0 Å². The van der Waals surface area contributed by atoms with Crippen LogP contribution in [0.25, 0.3) is 0 Å². The van der Waals surface area contributed by atoms with E-state index in [1.54, 1.807) is 0 Å². The van der Waals surface area contributed by atoms with Crippen LogP contribution in [-0.2, 0) is 27.1 Å². The van der Waals surface area contributed by atoms with Crippen LogP contribution >= 0.6 is 31.9 Å². The zero-order valence-electron chi connectivity index (χ0n) is 8.36. The van der Waals surface area contributed by atoms with Crippen LogP contribution < -0.4 is 0 Å². The number of phenolic OH excluding ortho intramolecular Hbond substituents is 1. The summed E-state index contributed by atoms with van der Waals surface area (Å²) in [5.41, 5.74) is 1.28. The number of benzene rings is 1. The van der Waals surface area contributed by atoms with Gasteiger partial charge in [-0.3, -0.25) is 0 Å². The Morgan fingerprint density at radius 3 is 1.71 bits per heavy atom. The Morgan fingerprint density at radius 2 is 1.43 bits per heavy atom. The molecule has 0 heterocycles. The van der Waals surface area contributed by atoms with Crippen LogP contribution in [0.15, 0.2) is 21.1 Å². The molecule has 0 atom stereocenters. The molecule has 1 aromatic rings. The van der Waals surface area contributed by atoms with Crippen molar-refractivity contribution in [1.29, 1.82) is 0 Å². The molecule has 1 rings (SSSR count). The standard InChI is InChI=1S/C10H12Br2O.Ti/c1-10(2,3)6-4-7(11)9(13)8(12)5-6;/h4-5,13H,1-3H3;. The van der Waals surface area contributed by atoms with E-state index in [-0.39, 0.29) is 32.9 Å². The van der Waals surface area contributed by atoms with Crippen molar-refractivity contribution < 1.29 is 26.8 Å². The maximum absolute atomic E-state index is 9.50. The van der Waals surface area contributed by atoms with Gasteiger partial charge < -0.3 is 5.11 Å². The average Bonchev–Trinajstić information content (AvgIpc) is 1.97. The van der Waals surface area contributed by atoms with Crippen LogP contribution in [0.2, 0.25) is 0 Å². The fourth-order valence-corrected chi connectivity index (χ4v) is 2.18. The zero-order chi connectivity index (χ0) is 10.2. The molecule has 1 aromatic carbocycles. The van der Waals surface area contributed by atoms with E-state index in [0.717, 1.165) is 8.95 Å². The minimum absolute atomic E-state index is 0. The summed E-state index contributed by atoms with van der Waals surface area (Å²) in [6, 6.07) is 3.89. The molecule has 1 N–H and O–H groups in total. The van der Waals surface area contributed by atoms with Gasteiger partial charge in [0.25, 0.3) is 0 Å². The van der Waals surface area contributed by atoms with Gasteiger partial charge in [0, 0.05) is 21.7 Å². The summed E-state index contributed by atoms with van der Waals surface area (Å²) in [7, 11) is 0. The topological polar surface area (TPSA) is 20.2 Å². The van der Waals surface area contributed by atoms with E-state index in [2.05, 4.69) is 52.6 Å². The summed E-state index contributed by atoms with van der Waals surface area (Å²) in [5, 5.41) is 9.50. The van der Waals surface area contributed by atoms with Gasteiger partial charge in [-0.25, -0.2) is 0 Å². The van der Waals surface area contributed by atoms with Gasteiger partial charge in [0.05, 0.1) is 8.95 Å². The van der Waals surface area contributed by atoms with Gasteiger partial charge in [-0.1, -0.05) is 20.8 Å². The summed E-state index contributed by atoms with van der Waals surface area (Å²) < 4.78 is 1.46. The fourth-order valence-electron chi connectivity index (χ4n) is 0.999. The molecule has 0 radical (unpaired) electrons. The van der Waals surface area contributed by atoms with Crippen LogP contribution in [0.1, 0.15) is 26.3 Å². The van der Waals surface area contributed by atoms with Gasteiger partial charge >= 0.3 is 0 Å². The number of hydrogen-bond acceptors (Lipinski definition) is 1. The van der Waals surface area contributed by atoms with E-state index in [9.17, 15) is 5.11 Å². The van der Waals surface area contributed by atoms with E-state index in [4.69, 9.17) is 0 Å². The van der Waals surface area contributed by atoms with E-state index in [1.807, 2.05) is 12.1 Å². The predicted octanol–water partition coefficient (Wildman–Crippen LogP) is 4.21. The third kappa shape index (κ3) is 3.37. The van der Waals surface area contributed by atoms with E-state index in [0.29, 0.717) is 0 Å². The van der Waals surface area contributed by atoms with Crippen molar-refractivity contribution >= 4 is 31.9 Å². The molecule has 0 saturated carbocycles. The molecule has 4 heteroatoms. The Balaban J connectivity index is 0.00000169. The zero-order valence-corrected chi connectivity index (χ0v) is 13.1. The predicted molar refractivity (Wildman–Crippen MR) is 62.2 cm³/mol. The fraction of sp³-hybridized carbons (Fsp3) is 0.400. The third-order valence-corrected chi connectivity index (χ3v) is 3.09. The molecule has 0 saturated heterocycles. The van der Waals surface area contributed by atoms with Gasteiger partial charge in [0.1, 0.15) is 5.75 Å². The monoisotopic (exact) mass is 354 g/mol. The van der Waals surface area contributed by atoms with Crippen LogP contribution in [0.4, 0.5) is 0 Å². The van der Waals surface area contributed by atoms with Gasteiger partial charge in [-0.15, -0.1) is 0 Å². The maximum atomic E-state index is 9.50. The summed E-state index contributed by atoms with van der Waals surface area (Å²) in [4.78, 5) is 0. The van der Waals surface area contributed by atoms with Crippen molar-refractivity contribution in [3.05, 3.63) is 26.6 Å². The minimum Gasteiger partial charge on any atom is -0.506 e. The largest absolute Gasteiger partial charge is 0.506 e. The van der Waals surface area contributed by atoms with E-state index >= 15 is 0 Å². The van der Waals surface area contributed by atoms with Crippen molar-refractivity contribution in [2.24, 2.45) is 0 Å². The molecule has 0 spiro atoms. The van der Waals surface area contributed by atoms with Crippen molar-refractivity contribution in [2.75, 3.05) is 0 Å². The number of aromatic hydroxyl groups is 1. The summed E-state index contributed by atoms with van der Waals surface area (Å²) in [5.74, 6) is 0.257. The first-order chi connectivity index (χ1) is 5.82. The Morgan fingerprint density at radius 1 is 1.07 bits per heavy atom. The second-order valence-corrected chi connectivity index (χ2v) is 5.75. The molecular weight excluding hydrogens is 344 g/mol. The molecule has 14 heavy (non-hydrogen) atoms. The molecular formula is C10H12Br2OTi. The first-order valence-corrected chi connectivity index (χ1v) is 5.59. The molecule has 0 fully saturated rings. The number of phenols is 1. The van der Waals surface area contributed by atoms with E-state index < -0.39 is 0 Å². The van der Waals surface area contributed by atoms with Crippen LogP contribution in [0.5, 0.6) is 5.75 Å². The van der Waals surface area contributed by atoms with Crippen molar-refractivity contribution in [3.8, 4) is 5.75 Å². The van der Waals surface area contributed by atoms with Gasteiger partial charge in [-0.2, -0.15) is 0 Å². The molecule has 0 bridgehead atoms. The number of hydrogen-bond donors (Lipinski definition) is 1. The summed E-state index contributed by atoms with van der Waals surface area (Å²) >= 11 is 6.62. The normalized spacial score (nSPS) is 10.9. The third-order valence-electron chi connectivity index (χ3n) is 1.88. The van der Waals surface area contributed by atoms with Crippen molar-refractivity contribution in [2.45, 2.75) is 26.2 Å². The Kier molecular flexibility index (Phi) is 5.41. The van der Waals surface area contributed by atoms with Crippen molar-refractivity contribution in [1.82, 2.24) is 0 Å². The molecule has 0 aliphatic carbocycles. The molecule has 0 amide bonds. The quantitative estimate of drug-likeness (QED) is 0.691. The first-order valence-electron chi connectivity index (χ1n) is 4.01. The Bertz CT molecular complexity index is 308. The van der Waals surface area contributed by atoms with Gasteiger partial charge in [0.15, 0.2) is 0 Å². The number of halogens is 2. The van der Waals surface area contributed by atoms with Crippen LogP contribution in [0, 0.1) is 0 Å². The van der Waals surface area contributed by atoms with Crippen LogP contribution in [-0.4, -0.2) is 5.11 Å². The smallest absolute Gasteiger partial charge is 0.143 e. The second-order valence-electron chi connectivity index (χ2n) is 4.04. The molecule has 1 nitrogen and oxygen atoms in total. The second kappa shape index (κ2) is 5.15. The Labute approximate surface area is 116 Å². The molecule has 76 valence electrons. The van der Waals surface area contributed by atoms with Crippen molar-refractivity contribution in [3.63, 3.8) is 0 Å². The van der Waals surface area contributed by atoms with Gasteiger partial charge in [0.2, 0.25) is 0 Å². The minimum atomic E-state index is 0. The maximum Gasteiger partial charge on any atom is 0.143 e. The van der Waals surface area contributed by atoms with E-state index in [1.165, 1.54) is 5.56 Å². The molecule has 0 aliphatic heterocycles. The summed E-state index contributed by atoms with van der Waals surface area (Å²) in [6.45, 7) is 6.41. The molecule has 0 aliphatic rings. The summed E-state index contributed by atoms with van der Waals surface area (Å²) in [6.07, 6.45) is 0. The van der Waals surface area contributed by atoms with Gasteiger partial charge in [-0.05, 0) is 55.0 Å².